The number of amides is 1. The van der Waals surface area contributed by atoms with E-state index in [0.29, 0.717) is 30.0 Å². The van der Waals surface area contributed by atoms with Crippen molar-refractivity contribution in [3.8, 4) is 0 Å². The molecule has 0 fully saturated rings. The Hall–Kier alpha value is -3.44. The molecule has 168 valence electrons. The van der Waals surface area contributed by atoms with Crippen LogP contribution in [0.5, 0.6) is 0 Å². The SMILES string of the molecule is O=C(CCc1ccccc1)NCCCc1nc2ccccc2n1CC(=O)c1ccc(Cl)cc1. The van der Waals surface area contributed by atoms with Crippen LogP contribution in [0.25, 0.3) is 11.0 Å². The number of Topliss-reactive ketones (excluding diaryl/α,β-unsaturated/α-hetero) is 1. The Morgan fingerprint density at radius 2 is 1.61 bits per heavy atom. The second-order valence-corrected chi connectivity index (χ2v) is 8.41. The molecular formula is C27H26ClN3O2. The van der Waals surface area contributed by atoms with Crippen molar-refractivity contribution in [2.24, 2.45) is 0 Å². The van der Waals surface area contributed by atoms with Crippen LogP contribution in [0, 0.1) is 0 Å². The summed E-state index contributed by atoms with van der Waals surface area (Å²) in [5.41, 5.74) is 3.57. The third kappa shape index (κ3) is 6.08. The molecule has 33 heavy (non-hydrogen) atoms. The first-order chi connectivity index (χ1) is 16.1. The van der Waals surface area contributed by atoms with Crippen LogP contribution in [0.2, 0.25) is 5.02 Å². The number of aryl methyl sites for hydroxylation is 2. The van der Waals surface area contributed by atoms with Gasteiger partial charge in [0.2, 0.25) is 5.91 Å². The molecule has 0 aliphatic carbocycles. The minimum absolute atomic E-state index is 0.00489. The molecule has 3 aromatic carbocycles. The number of benzene rings is 3. The van der Waals surface area contributed by atoms with Crippen LogP contribution < -0.4 is 5.32 Å². The van der Waals surface area contributed by atoms with Crippen LogP contribution >= 0.6 is 11.6 Å². The second kappa shape index (κ2) is 10.9. The molecule has 0 spiro atoms. The normalized spacial score (nSPS) is 10.9. The van der Waals surface area contributed by atoms with Crippen LogP contribution in [0.1, 0.15) is 34.6 Å². The number of nitrogens with one attached hydrogen (secondary N) is 1. The standard InChI is InChI=1S/C27H26ClN3O2/c28-22-15-13-21(14-16-22)25(32)19-31-24-10-5-4-9-23(24)30-26(31)11-6-18-29-27(33)17-12-20-7-2-1-3-8-20/h1-5,7-10,13-16H,6,11-12,17-19H2,(H,29,33). The topological polar surface area (TPSA) is 64.0 Å². The van der Waals surface area contributed by atoms with Crippen molar-refractivity contribution < 1.29 is 9.59 Å². The molecule has 0 atom stereocenters. The number of carbonyl (C=O) groups is 2. The number of fused-ring (bicyclic) bond motifs is 1. The molecular weight excluding hydrogens is 434 g/mol. The van der Waals surface area contributed by atoms with Crippen LogP contribution in [0.4, 0.5) is 0 Å². The minimum Gasteiger partial charge on any atom is -0.356 e. The first-order valence-electron chi connectivity index (χ1n) is 11.1. The predicted octanol–water partition coefficient (Wildman–Crippen LogP) is 5.25. The van der Waals surface area contributed by atoms with Gasteiger partial charge in [-0.2, -0.15) is 0 Å². The Kier molecular flexibility index (Phi) is 7.53. The van der Waals surface area contributed by atoms with Crippen molar-refractivity contribution in [3.05, 3.63) is 101 Å². The van der Waals surface area contributed by atoms with Gasteiger partial charge in [0.05, 0.1) is 17.6 Å². The fraction of sp³-hybridized carbons (Fsp3) is 0.222. The molecule has 4 rings (SSSR count). The maximum atomic E-state index is 12.9. The zero-order chi connectivity index (χ0) is 23.0. The summed E-state index contributed by atoms with van der Waals surface area (Å²) in [4.78, 5) is 29.8. The van der Waals surface area contributed by atoms with Gasteiger partial charge in [0, 0.05) is 30.0 Å². The fourth-order valence-corrected chi connectivity index (χ4v) is 3.95. The quantitative estimate of drug-likeness (QED) is 0.260. The van der Waals surface area contributed by atoms with E-state index >= 15 is 0 Å². The number of para-hydroxylation sites is 2. The lowest BCUT2D eigenvalue weighted by Gasteiger charge is -2.10. The molecule has 6 heteroatoms. The Morgan fingerprint density at radius 3 is 2.39 bits per heavy atom. The van der Waals surface area contributed by atoms with E-state index in [2.05, 4.69) is 5.32 Å². The molecule has 0 aliphatic rings. The summed E-state index contributed by atoms with van der Waals surface area (Å²) in [6.45, 7) is 0.781. The van der Waals surface area contributed by atoms with Gasteiger partial charge in [-0.3, -0.25) is 9.59 Å². The highest BCUT2D eigenvalue weighted by Gasteiger charge is 2.15. The summed E-state index contributed by atoms with van der Waals surface area (Å²) in [5, 5.41) is 3.60. The number of rotatable bonds is 10. The van der Waals surface area contributed by atoms with Crippen LogP contribution in [0.15, 0.2) is 78.9 Å². The summed E-state index contributed by atoms with van der Waals surface area (Å²) in [7, 11) is 0. The summed E-state index contributed by atoms with van der Waals surface area (Å²) >= 11 is 5.95. The van der Waals surface area contributed by atoms with E-state index in [4.69, 9.17) is 16.6 Å². The molecule has 0 saturated carbocycles. The molecule has 0 radical (unpaired) electrons. The Bertz CT molecular complexity index is 1230. The van der Waals surface area contributed by atoms with E-state index in [1.54, 1.807) is 24.3 Å². The van der Waals surface area contributed by atoms with Crippen LogP contribution in [-0.2, 0) is 24.2 Å². The number of hydrogen-bond acceptors (Lipinski definition) is 3. The molecule has 5 nitrogen and oxygen atoms in total. The van der Waals surface area contributed by atoms with E-state index in [9.17, 15) is 9.59 Å². The monoisotopic (exact) mass is 459 g/mol. The van der Waals surface area contributed by atoms with Gasteiger partial charge in [-0.05, 0) is 54.8 Å². The number of imidazole rings is 1. The number of ketones is 1. The van der Waals surface area contributed by atoms with Gasteiger partial charge in [0.15, 0.2) is 5.78 Å². The highest BCUT2D eigenvalue weighted by molar-refractivity contribution is 6.30. The first-order valence-corrected chi connectivity index (χ1v) is 11.5. The third-order valence-corrected chi connectivity index (χ3v) is 5.84. The van der Waals surface area contributed by atoms with Crippen molar-refractivity contribution in [2.75, 3.05) is 6.54 Å². The van der Waals surface area contributed by atoms with E-state index in [1.165, 1.54) is 0 Å². The maximum absolute atomic E-state index is 12.9. The minimum atomic E-state index is 0.00489. The molecule has 0 saturated heterocycles. The largest absolute Gasteiger partial charge is 0.356 e. The van der Waals surface area contributed by atoms with E-state index in [0.717, 1.165) is 35.3 Å². The molecule has 1 amide bonds. The highest BCUT2D eigenvalue weighted by Crippen LogP contribution is 2.19. The Morgan fingerprint density at radius 1 is 0.879 bits per heavy atom. The zero-order valence-corrected chi connectivity index (χ0v) is 19.1. The van der Waals surface area contributed by atoms with Gasteiger partial charge in [0.1, 0.15) is 5.82 Å². The summed E-state index contributed by atoms with van der Waals surface area (Å²) < 4.78 is 1.98. The van der Waals surface area contributed by atoms with Crippen molar-refractivity contribution >= 4 is 34.3 Å². The number of halogens is 1. The molecule has 0 aliphatic heterocycles. The van der Waals surface area contributed by atoms with E-state index < -0.39 is 0 Å². The Labute approximate surface area is 198 Å². The molecule has 0 unspecified atom stereocenters. The van der Waals surface area contributed by atoms with Gasteiger partial charge < -0.3 is 9.88 Å². The fourth-order valence-electron chi connectivity index (χ4n) is 3.83. The summed E-state index contributed by atoms with van der Waals surface area (Å²) in [6, 6.07) is 24.8. The van der Waals surface area contributed by atoms with Gasteiger partial charge in [-0.1, -0.05) is 54.1 Å². The van der Waals surface area contributed by atoms with E-state index in [1.807, 2.05) is 59.2 Å². The molecule has 1 aromatic heterocycles. The molecule has 1 N–H and O–H groups in total. The smallest absolute Gasteiger partial charge is 0.220 e. The second-order valence-electron chi connectivity index (χ2n) is 7.97. The predicted molar refractivity (Wildman–Crippen MR) is 132 cm³/mol. The van der Waals surface area contributed by atoms with E-state index in [-0.39, 0.29) is 18.2 Å². The van der Waals surface area contributed by atoms with Crippen molar-refractivity contribution in [3.63, 3.8) is 0 Å². The lowest BCUT2D eigenvalue weighted by molar-refractivity contribution is -0.121. The van der Waals surface area contributed by atoms with Crippen LogP contribution in [-0.4, -0.2) is 27.8 Å². The Balaban J connectivity index is 1.35. The van der Waals surface area contributed by atoms with Gasteiger partial charge >= 0.3 is 0 Å². The van der Waals surface area contributed by atoms with Gasteiger partial charge in [0.25, 0.3) is 0 Å². The molecule has 1 heterocycles. The van der Waals surface area contributed by atoms with Crippen LogP contribution in [0.3, 0.4) is 0 Å². The van der Waals surface area contributed by atoms with Crippen molar-refractivity contribution in [1.82, 2.24) is 14.9 Å². The first kappa shape index (κ1) is 22.7. The lowest BCUT2D eigenvalue weighted by atomic mass is 10.1. The average Bonchev–Trinajstić information content (AvgIpc) is 3.18. The summed E-state index contributed by atoms with van der Waals surface area (Å²) in [6.07, 6.45) is 2.62. The van der Waals surface area contributed by atoms with Gasteiger partial charge in [-0.15, -0.1) is 0 Å². The number of nitrogens with zero attached hydrogens (tertiary/aromatic N) is 2. The molecule has 4 aromatic rings. The maximum Gasteiger partial charge on any atom is 0.220 e. The molecule has 0 bridgehead atoms. The third-order valence-electron chi connectivity index (χ3n) is 5.58. The highest BCUT2D eigenvalue weighted by atomic mass is 35.5. The number of carbonyl (C=O) groups excluding carboxylic acids is 2. The average molecular weight is 460 g/mol. The van der Waals surface area contributed by atoms with Crippen molar-refractivity contribution in [1.29, 1.82) is 0 Å². The summed E-state index contributed by atoms with van der Waals surface area (Å²) in [5.74, 6) is 0.896. The number of hydrogen-bond donors (Lipinski definition) is 1. The van der Waals surface area contributed by atoms with Gasteiger partial charge in [-0.25, -0.2) is 4.98 Å². The zero-order valence-electron chi connectivity index (χ0n) is 18.3. The lowest BCUT2D eigenvalue weighted by Crippen LogP contribution is -2.25. The van der Waals surface area contributed by atoms with Crippen molar-refractivity contribution in [2.45, 2.75) is 32.2 Å². The number of aromatic nitrogens is 2.